The Bertz CT molecular complexity index is 905. The van der Waals surface area contributed by atoms with E-state index in [0.717, 1.165) is 30.8 Å². The van der Waals surface area contributed by atoms with Crippen molar-refractivity contribution in [3.63, 3.8) is 0 Å². The average Bonchev–Trinajstić information content (AvgIpc) is 2.83. The monoisotopic (exact) mass is 544 g/mol. The van der Waals surface area contributed by atoms with Gasteiger partial charge in [-0.15, -0.1) is 0 Å². The largest absolute Gasteiger partial charge is 0.494 e. The van der Waals surface area contributed by atoms with Crippen LogP contribution in [0, 0.1) is 0 Å². The minimum atomic E-state index is -1.55. The number of hydrogen-bond donors (Lipinski definition) is 0. The van der Waals surface area contributed by atoms with E-state index in [9.17, 15) is 4.79 Å². The molecule has 0 unspecified atom stereocenters. The summed E-state index contributed by atoms with van der Waals surface area (Å²) in [5.74, 6) is 1.68. The minimum Gasteiger partial charge on any atom is -0.494 e. The van der Waals surface area contributed by atoms with Gasteiger partial charge in [0, 0.05) is 0 Å². The zero-order valence-corrected chi connectivity index (χ0v) is 25.9. The summed E-state index contributed by atoms with van der Waals surface area (Å²) in [4.78, 5) is 12.5. The van der Waals surface area contributed by atoms with Crippen LogP contribution in [0.3, 0.4) is 0 Å². The molecule has 0 amide bonds. The Hall–Kier alpha value is -2.10. The van der Waals surface area contributed by atoms with Gasteiger partial charge in [0.25, 0.3) is 0 Å². The highest BCUT2D eigenvalue weighted by Crippen LogP contribution is 2.22. The molecule has 0 bridgehead atoms. The summed E-state index contributed by atoms with van der Waals surface area (Å²) in [5.41, 5.74) is 0.497. The van der Waals surface area contributed by atoms with E-state index in [1.165, 1.54) is 38.1 Å². The fraction of sp³-hybridized carbons (Fsp3) is 0.567. The van der Waals surface area contributed by atoms with E-state index in [1.54, 1.807) is 24.3 Å². The number of hydrogen-bond acceptors (Lipinski definition) is 5. The first kappa shape index (κ1) is 31.1. The lowest BCUT2D eigenvalue weighted by atomic mass is 10.2. The number of carbonyl (C=O) groups is 1. The van der Waals surface area contributed by atoms with Crippen molar-refractivity contribution < 1.29 is 23.1 Å². The van der Waals surface area contributed by atoms with E-state index >= 15 is 0 Å². The predicted octanol–water partition coefficient (Wildman–Crippen LogP) is 8.86. The van der Waals surface area contributed by atoms with Crippen molar-refractivity contribution >= 4 is 22.6 Å². The molecule has 0 N–H and O–H groups in total. The van der Waals surface area contributed by atoms with Crippen molar-refractivity contribution in [2.24, 2.45) is 0 Å². The first-order chi connectivity index (χ1) is 17.6. The summed E-state index contributed by atoms with van der Waals surface area (Å²) < 4.78 is 23.6. The number of benzene rings is 2. The number of carbonyl (C=O) groups excluding carboxylic acids is 1. The topological polar surface area (TPSA) is 54.0 Å². The zero-order valence-electron chi connectivity index (χ0n) is 23.9. The molecule has 2 aromatic carbocycles. The van der Waals surface area contributed by atoms with E-state index in [4.69, 9.17) is 18.3 Å². The summed E-state index contributed by atoms with van der Waals surface area (Å²) >= 11 is 0. The molecule has 0 aliphatic heterocycles. The van der Waals surface area contributed by atoms with Crippen molar-refractivity contribution in [2.75, 3.05) is 13.2 Å². The maximum Gasteiger partial charge on any atom is 0.343 e. The quantitative estimate of drug-likeness (QED) is 0.0812. The SMILES string of the molecule is CCCCCCCOc1ccc(C(=O)Oc2ccc(OCCCCC[Si](C)(C)O[Si](C)(C)C)cc2)cc1. The Balaban J connectivity index is 1.65. The minimum absolute atomic E-state index is 0.385. The van der Waals surface area contributed by atoms with Crippen LogP contribution in [0.15, 0.2) is 48.5 Å². The molecule has 7 heteroatoms. The third-order valence-electron chi connectivity index (χ3n) is 5.92. The highest BCUT2D eigenvalue weighted by Gasteiger charge is 2.28. The standard InChI is InChI=1S/C30H48O5Si2/c1-7-8-9-10-12-23-32-27-17-15-26(16-18-27)30(31)34-29-21-19-28(20-22-29)33-24-13-11-14-25-37(5,6)35-36(2,3)4/h15-22H,7-14,23-25H2,1-6H3. The van der Waals surface area contributed by atoms with Gasteiger partial charge in [0.2, 0.25) is 0 Å². The predicted molar refractivity (Wildman–Crippen MR) is 158 cm³/mol. The Morgan fingerprint density at radius 1 is 0.649 bits per heavy atom. The Morgan fingerprint density at radius 3 is 1.68 bits per heavy atom. The van der Waals surface area contributed by atoms with Gasteiger partial charge in [0.1, 0.15) is 17.2 Å². The maximum absolute atomic E-state index is 12.5. The van der Waals surface area contributed by atoms with E-state index in [1.807, 2.05) is 24.3 Å². The molecule has 0 aromatic heterocycles. The molecule has 0 saturated carbocycles. The highest BCUT2D eigenvalue weighted by molar-refractivity contribution is 6.84. The second kappa shape index (κ2) is 16.0. The Labute approximate surface area is 227 Å². The lowest BCUT2D eigenvalue weighted by Crippen LogP contribution is -2.42. The molecular formula is C30H48O5Si2. The lowest BCUT2D eigenvalue weighted by molar-refractivity contribution is 0.0734. The zero-order chi connectivity index (χ0) is 27.2. The Morgan fingerprint density at radius 2 is 1.14 bits per heavy atom. The van der Waals surface area contributed by atoms with Crippen LogP contribution in [-0.4, -0.2) is 35.8 Å². The van der Waals surface area contributed by atoms with Crippen LogP contribution in [0.5, 0.6) is 17.2 Å². The highest BCUT2D eigenvalue weighted by atomic mass is 28.4. The van der Waals surface area contributed by atoms with Crippen molar-refractivity contribution in [2.45, 2.75) is 97.1 Å². The summed E-state index contributed by atoms with van der Waals surface area (Å²) in [7, 11) is -3.01. The third kappa shape index (κ3) is 13.9. The van der Waals surface area contributed by atoms with Gasteiger partial charge in [-0.25, -0.2) is 4.79 Å². The van der Waals surface area contributed by atoms with Gasteiger partial charge in [-0.2, -0.15) is 0 Å². The fourth-order valence-electron chi connectivity index (χ4n) is 4.25. The first-order valence-electron chi connectivity index (χ1n) is 14.0. The van der Waals surface area contributed by atoms with Gasteiger partial charge in [-0.1, -0.05) is 45.4 Å². The normalized spacial score (nSPS) is 11.8. The number of unbranched alkanes of at least 4 members (excludes halogenated alkanes) is 6. The Kier molecular flexibility index (Phi) is 13.5. The number of rotatable bonds is 18. The molecule has 0 aliphatic rings. The van der Waals surface area contributed by atoms with E-state index in [0.29, 0.717) is 24.5 Å². The molecule has 2 rings (SSSR count). The molecule has 206 valence electrons. The number of esters is 1. The summed E-state index contributed by atoms with van der Waals surface area (Å²) in [6, 6.07) is 15.6. The maximum atomic E-state index is 12.5. The van der Waals surface area contributed by atoms with Gasteiger partial charge in [0.05, 0.1) is 18.8 Å². The van der Waals surface area contributed by atoms with Gasteiger partial charge < -0.3 is 18.3 Å². The van der Waals surface area contributed by atoms with Crippen molar-refractivity contribution in [1.82, 2.24) is 0 Å². The van der Waals surface area contributed by atoms with Crippen molar-refractivity contribution in [3.05, 3.63) is 54.1 Å². The van der Waals surface area contributed by atoms with Gasteiger partial charge in [-0.05, 0) is 100 Å². The molecule has 0 aliphatic carbocycles. The van der Waals surface area contributed by atoms with Crippen molar-refractivity contribution in [1.29, 1.82) is 0 Å². The molecule has 0 heterocycles. The molecule has 0 saturated heterocycles. The molecule has 0 spiro atoms. The molecule has 0 radical (unpaired) electrons. The molecule has 37 heavy (non-hydrogen) atoms. The fourth-order valence-corrected chi connectivity index (χ4v) is 12.4. The molecule has 0 fully saturated rings. The van der Waals surface area contributed by atoms with E-state index < -0.39 is 16.6 Å². The molecular weight excluding hydrogens is 496 g/mol. The van der Waals surface area contributed by atoms with Gasteiger partial charge >= 0.3 is 5.97 Å². The molecule has 2 aromatic rings. The van der Waals surface area contributed by atoms with Crippen LogP contribution in [0.25, 0.3) is 0 Å². The average molecular weight is 545 g/mol. The third-order valence-corrected chi connectivity index (χ3v) is 12.1. The summed E-state index contributed by atoms with van der Waals surface area (Å²) in [6.07, 6.45) is 9.37. The summed E-state index contributed by atoms with van der Waals surface area (Å²) in [6.45, 7) is 15.1. The smallest absolute Gasteiger partial charge is 0.343 e. The van der Waals surface area contributed by atoms with Crippen molar-refractivity contribution in [3.8, 4) is 17.2 Å². The second-order valence-corrected chi connectivity index (χ2v) is 20.3. The van der Waals surface area contributed by atoms with Gasteiger partial charge in [0.15, 0.2) is 16.6 Å². The van der Waals surface area contributed by atoms with Gasteiger partial charge in [-0.3, -0.25) is 0 Å². The van der Waals surface area contributed by atoms with Crippen LogP contribution in [-0.2, 0) is 4.12 Å². The van der Waals surface area contributed by atoms with Crippen LogP contribution in [0.1, 0.15) is 68.6 Å². The first-order valence-corrected chi connectivity index (χ1v) is 20.5. The van der Waals surface area contributed by atoms with Crippen LogP contribution < -0.4 is 14.2 Å². The van der Waals surface area contributed by atoms with E-state index in [2.05, 4.69) is 39.7 Å². The molecule has 5 nitrogen and oxygen atoms in total. The molecule has 0 atom stereocenters. The number of ether oxygens (including phenoxy) is 3. The lowest BCUT2D eigenvalue weighted by Gasteiger charge is -2.31. The van der Waals surface area contributed by atoms with Crippen LogP contribution in [0.4, 0.5) is 0 Å². The summed E-state index contributed by atoms with van der Waals surface area (Å²) in [5, 5.41) is 0. The van der Waals surface area contributed by atoms with Crippen LogP contribution >= 0.6 is 0 Å². The van der Waals surface area contributed by atoms with Crippen LogP contribution in [0.2, 0.25) is 38.8 Å². The second-order valence-electron chi connectivity index (χ2n) is 11.3. The van der Waals surface area contributed by atoms with E-state index in [-0.39, 0.29) is 5.97 Å².